The average Bonchev–Trinajstić information content (AvgIpc) is 2.41. The fraction of sp³-hybridized carbons (Fsp3) is 0.429. The predicted molar refractivity (Wildman–Crippen MR) is 78.7 cm³/mol. The molecule has 1 aromatic heterocycles. The number of hydrogen-bond acceptors (Lipinski definition) is 4. The molecule has 2 heterocycles. The third-order valence-electron chi connectivity index (χ3n) is 3.64. The van der Waals surface area contributed by atoms with Crippen molar-refractivity contribution in [3.05, 3.63) is 29.5 Å². The van der Waals surface area contributed by atoms with Crippen molar-refractivity contribution in [3.8, 4) is 0 Å². The van der Waals surface area contributed by atoms with Gasteiger partial charge in [0.1, 0.15) is 5.82 Å². The van der Waals surface area contributed by atoms with Crippen molar-refractivity contribution < 1.29 is 0 Å². The number of halogens is 1. The molecule has 0 radical (unpaired) electrons. The van der Waals surface area contributed by atoms with Crippen LogP contribution < -0.4 is 5.32 Å². The van der Waals surface area contributed by atoms with Crippen LogP contribution in [0.2, 0.25) is 5.28 Å². The van der Waals surface area contributed by atoms with Crippen LogP contribution in [0, 0.1) is 0 Å². The lowest BCUT2D eigenvalue weighted by Crippen LogP contribution is -2.36. The summed E-state index contributed by atoms with van der Waals surface area (Å²) < 4.78 is 0. The van der Waals surface area contributed by atoms with Gasteiger partial charge in [-0.25, -0.2) is 9.97 Å². The number of nitrogens with one attached hydrogen (secondary N) is 1. The van der Waals surface area contributed by atoms with E-state index < -0.39 is 0 Å². The van der Waals surface area contributed by atoms with E-state index in [1.165, 1.54) is 0 Å². The number of benzene rings is 1. The summed E-state index contributed by atoms with van der Waals surface area (Å²) in [4.78, 5) is 10.9. The molecule has 0 unspecified atom stereocenters. The fourth-order valence-corrected chi connectivity index (χ4v) is 2.68. The third-order valence-corrected chi connectivity index (χ3v) is 3.80. The van der Waals surface area contributed by atoms with Gasteiger partial charge in [-0.1, -0.05) is 12.1 Å². The van der Waals surface area contributed by atoms with Gasteiger partial charge in [-0.3, -0.25) is 0 Å². The lowest BCUT2D eigenvalue weighted by Gasteiger charge is -2.30. The first-order chi connectivity index (χ1) is 9.22. The highest BCUT2D eigenvalue weighted by atomic mass is 35.5. The van der Waals surface area contributed by atoms with Crippen molar-refractivity contribution >= 4 is 28.3 Å². The second kappa shape index (κ2) is 5.31. The highest BCUT2D eigenvalue weighted by Gasteiger charge is 2.18. The van der Waals surface area contributed by atoms with Crippen molar-refractivity contribution in [3.63, 3.8) is 0 Å². The Morgan fingerprint density at radius 2 is 1.95 bits per heavy atom. The molecule has 5 heteroatoms. The van der Waals surface area contributed by atoms with Gasteiger partial charge < -0.3 is 10.2 Å². The zero-order valence-electron chi connectivity index (χ0n) is 10.9. The Labute approximate surface area is 117 Å². The van der Waals surface area contributed by atoms with Gasteiger partial charge in [-0.05, 0) is 56.7 Å². The molecule has 0 atom stereocenters. The molecule has 0 amide bonds. The largest absolute Gasteiger partial charge is 0.367 e. The summed E-state index contributed by atoms with van der Waals surface area (Å²) in [6, 6.07) is 8.42. The maximum absolute atomic E-state index is 5.99. The van der Waals surface area contributed by atoms with Gasteiger partial charge in [0.2, 0.25) is 5.28 Å². The number of anilines is 1. The lowest BCUT2D eigenvalue weighted by atomic mass is 10.1. The zero-order valence-corrected chi connectivity index (χ0v) is 11.7. The van der Waals surface area contributed by atoms with Crippen LogP contribution >= 0.6 is 11.6 Å². The molecule has 1 fully saturated rings. The summed E-state index contributed by atoms with van der Waals surface area (Å²) in [5.41, 5.74) is 0.887. The van der Waals surface area contributed by atoms with Crippen molar-refractivity contribution in [2.24, 2.45) is 0 Å². The molecular weight excluding hydrogens is 260 g/mol. The van der Waals surface area contributed by atoms with Gasteiger partial charge >= 0.3 is 0 Å². The highest BCUT2D eigenvalue weighted by Crippen LogP contribution is 2.24. The first kappa shape index (κ1) is 12.6. The summed E-state index contributed by atoms with van der Waals surface area (Å²) in [7, 11) is 2.16. The third kappa shape index (κ3) is 2.80. The van der Waals surface area contributed by atoms with Gasteiger partial charge in [0.25, 0.3) is 0 Å². The number of nitrogens with zero attached hydrogens (tertiary/aromatic N) is 3. The normalized spacial score (nSPS) is 17.8. The molecule has 2 aromatic rings. The molecule has 1 aliphatic heterocycles. The van der Waals surface area contributed by atoms with E-state index in [-0.39, 0.29) is 0 Å². The molecular formula is C14H17ClN4. The number of aromatic nitrogens is 2. The Morgan fingerprint density at radius 1 is 1.21 bits per heavy atom. The molecule has 4 nitrogen and oxygen atoms in total. The number of para-hydroxylation sites is 1. The topological polar surface area (TPSA) is 41.0 Å². The minimum absolute atomic E-state index is 0.300. The van der Waals surface area contributed by atoms with E-state index in [0.29, 0.717) is 11.3 Å². The van der Waals surface area contributed by atoms with Crippen LogP contribution in [0.3, 0.4) is 0 Å². The summed E-state index contributed by atoms with van der Waals surface area (Å²) >= 11 is 5.99. The average molecular weight is 277 g/mol. The summed E-state index contributed by atoms with van der Waals surface area (Å²) in [5, 5.41) is 4.86. The van der Waals surface area contributed by atoms with Crippen molar-refractivity contribution in [2.45, 2.75) is 18.9 Å². The van der Waals surface area contributed by atoms with Crippen molar-refractivity contribution in [1.29, 1.82) is 0 Å². The van der Waals surface area contributed by atoms with E-state index in [1.807, 2.05) is 24.3 Å². The van der Waals surface area contributed by atoms with Crippen LogP contribution in [-0.4, -0.2) is 41.0 Å². The van der Waals surface area contributed by atoms with E-state index in [2.05, 4.69) is 27.2 Å². The highest BCUT2D eigenvalue weighted by molar-refractivity contribution is 6.28. The number of likely N-dealkylation sites (tertiary alicyclic amines) is 1. The number of piperidine rings is 1. The number of hydrogen-bond donors (Lipinski definition) is 1. The molecule has 0 bridgehead atoms. The van der Waals surface area contributed by atoms with E-state index in [0.717, 1.165) is 42.7 Å². The summed E-state index contributed by atoms with van der Waals surface area (Å²) in [5.74, 6) is 0.852. The van der Waals surface area contributed by atoms with Crippen molar-refractivity contribution in [2.75, 3.05) is 25.5 Å². The molecule has 0 saturated carbocycles. The van der Waals surface area contributed by atoms with Crippen LogP contribution in [-0.2, 0) is 0 Å². The van der Waals surface area contributed by atoms with Crippen LogP contribution in [0.5, 0.6) is 0 Å². The first-order valence-corrected chi connectivity index (χ1v) is 6.97. The molecule has 19 heavy (non-hydrogen) atoms. The molecule has 3 rings (SSSR count). The van der Waals surface area contributed by atoms with Crippen LogP contribution in [0.1, 0.15) is 12.8 Å². The number of rotatable bonds is 2. The van der Waals surface area contributed by atoms with Crippen molar-refractivity contribution in [1.82, 2.24) is 14.9 Å². The molecule has 100 valence electrons. The van der Waals surface area contributed by atoms with Gasteiger partial charge in [0, 0.05) is 11.4 Å². The van der Waals surface area contributed by atoms with E-state index in [1.54, 1.807) is 0 Å². The first-order valence-electron chi connectivity index (χ1n) is 6.60. The summed E-state index contributed by atoms with van der Waals surface area (Å²) in [6.45, 7) is 2.24. The quantitative estimate of drug-likeness (QED) is 0.857. The van der Waals surface area contributed by atoms with Crippen LogP contribution in [0.4, 0.5) is 5.82 Å². The Kier molecular flexibility index (Phi) is 3.53. The SMILES string of the molecule is CN1CCC(Nc2nc(Cl)nc3ccccc23)CC1. The molecule has 1 aliphatic rings. The molecule has 1 aromatic carbocycles. The van der Waals surface area contributed by atoms with Gasteiger partial charge in [0.05, 0.1) is 5.52 Å². The second-order valence-electron chi connectivity index (χ2n) is 5.08. The van der Waals surface area contributed by atoms with E-state index in [9.17, 15) is 0 Å². The van der Waals surface area contributed by atoms with Crippen LogP contribution in [0.15, 0.2) is 24.3 Å². The molecule has 1 saturated heterocycles. The van der Waals surface area contributed by atoms with Crippen LogP contribution in [0.25, 0.3) is 10.9 Å². The molecule has 1 N–H and O–H groups in total. The monoisotopic (exact) mass is 276 g/mol. The number of fused-ring (bicyclic) bond motifs is 1. The molecule has 0 spiro atoms. The van der Waals surface area contributed by atoms with Gasteiger partial charge in [0.15, 0.2) is 0 Å². The molecule has 0 aliphatic carbocycles. The standard InChI is InChI=1S/C14H17ClN4/c1-19-8-6-10(7-9-19)16-13-11-4-2-3-5-12(11)17-14(15)18-13/h2-5,10H,6-9H2,1H3,(H,16,17,18). The Morgan fingerprint density at radius 3 is 2.74 bits per heavy atom. The van der Waals surface area contributed by atoms with Gasteiger partial charge in [-0.15, -0.1) is 0 Å². The fourth-order valence-electron chi connectivity index (χ4n) is 2.50. The summed E-state index contributed by atoms with van der Waals surface area (Å²) in [6.07, 6.45) is 2.26. The lowest BCUT2D eigenvalue weighted by molar-refractivity contribution is 0.264. The van der Waals surface area contributed by atoms with Gasteiger partial charge in [-0.2, -0.15) is 0 Å². The van der Waals surface area contributed by atoms with E-state index >= 15 is 0 Å². The maximum Gasteiger partial charge on any atom is 0.224 e. The maximum atomic E-state index is 5.99. The second-order valence-corrected chi connectivity index (χ2v) is 5.42. The Hall–Kier alpha value is -1.39. The predicted octanol–water partition coefficient (Wildman–Crippen LogP) is 2.79. The zero-order chi connectivity index (χ0) is 13.2. The minimum atomic E-state index is 0.300. The Bertz CT molecular complexity index is 579. The Balaban J connectivity index is 1.88. The smallest absolute Gasteiger partial charge is 0.224 e. The van der Waals surface area contributed by atoms with E-state index in [4.69, 9.17) is 11.6 Å². The minimum Gasteiger partial charge on any atom is -0.367 e.